The van der Waals surface area contributed by atoms with E-state index in [9.17, 15) is 9.59 Å². The Morgan fingerprint density at radius 2 is 1.97 bits per heavy atom. The minimum Gasteiger partial charge on any atom is -0.459 e. The summed E-state index contributed by atoms with van der Waals surface area (Å²) in [5.74, 6) is -0.276. The van der Waals surface area contributed by atoms with Gasteiger partial charge in [-0.2, -0.15) is 0 Å². The van der Waals surface area contributed by atoms with Gasteiger partial charge in [-0.1, -0.05) is 24.3 Å². The summed E-state index contributed by atoms with van der Waals surface area (Å²) in [4.78, 5) is 32.4. The number of rotatable bonds is 3. The standard InChI is InChI=1S/C23H19N3O3S/c1-14-24-18-9-8-17(12-21(18)30-14)25-22(27)19-11-15-5-2-3-6-16(15)13-26(19)23(28)20-7-4-10-29-20/h2-10,12,19H,11,13H2,1H3,(H,25,27)/t19-/m1/s1. The third-order valence-electron chi connectivity index (χ3n) is 5.31. The maximum Gasteiger partial charge on any atom is 0.290 e. The van der Waals surface area contributed by atoms with Crippen LogP contribution in [0, 0.1) is 6.92 Å². The zero-order valence-electron chi connectivity index (χ0n) is 16.3. The van der Waals surface area contributed by atoms with E-state index in [-0.39, 0.29) is 17.6 Å². The van der Waals surface area contributed by atoms with Crippen LogP contribution in [0.5, 0.6) is 0 Å². The molecule has 0 aliphatic carbocycles. The van der Waals surface area contributed by atoms with Gasteiger partial charge in [0, 0.05) is 18.7 Å². The first-order valence-corrected chi connectivity index (χ1v) is 10.5. The van der Waals surface area contributed by atoms with E-state index < -0.39 is 6.04 Å². The molecule has 2 amide bonds. The van der Waals surface area contributed by atoms with Crippen molar-refractivity contribution in [2.24, 2.45) is 0 Å². The molecule has 2 aromatic carbocycles. The highest BCUT2D eigenvalue weighted by atomic mass is 32.1. The van der Waals surface area contributed by atoms with E-state index in [4.69, 9.17) is 4.42 Å². The topological polar surface area (TPSA) is 75.4 Å². The summed E-state index contributed by atoms with van der Waals surface area (Å²) in [6, 6.07) is 16.2. The van der Waals surface area contributed by atoms with Crippen LogP contribution in [0.15, 0.2) is 65.3 Å². The number of carbonyl (C=O) groups is 2. The summed E-state index contributed by atoms with van der Waals surface area (Å²) in [5, 5.41) is 3.97. The number of nitrogens with one attached hydrogen (secondary N) is 1. The van der Waals surface area contributed by atoms with Crippen LogP contribution in [-0.4, -0.2) is 27.7 Å². The predicted molar refractivity (Wildman–Crippen MR) is 116 cm³/mol. The fraction of sp³-hybridized carbons (Fsp3) is 0.174. The number of amides is 2. The van der Waals surface area contributed by atoms with Crippen LogP contribution in [0.1, 0.15) is 26.7 Å². The van der Waals surface area contributed by atoms with Gasteiger partial charge in [-0.25, -0.2) is 4.98 Å². The first kappa shape index (κ1) is 18.6. The van der Waals surface area contributed by atoms with Crippen molar-refractivity contribution in [1.29, 1.82) is 0 Å². The maximum atomic E-state index is 13.3. The Morgan fingerprint density at radius 3 is 2.77 bits per heavy atom. The summed E-state index contributed by atoms with van der Waals surface area (Å²) in [6.45, 7) is 2.32. The highest BCUT2D eigenvalue weighted by Gasteiger charge is 2.36. The molecule has 1 aliphatic heterocycles. The Bertz CT molecular complexity index is 1250. The molecule has 6 nitrogen and oxygen atoms in total. The van der Waals surface area contributed by atoms with Crippen LogP contribution in [0.4, 0.5) is 5.69 Å². The number of thiazole rings is 1. The summed E-state index contributed by atoms with van der Waals surface area (Å²) in [7, 11) is 0. The molecule has 5 rings (SSSR count). The minimum absolute atomic E-state index is 0.218. The van der Waals surface area contributed by atoms with Gasteiger partial charge in [0.25, 0.3) is 5.91 Å². The summed E-state index contributed by atoms with van der Waals surface area (Å²) in [5.41, 5.74) is 3.73. The Labute approximate surface area is 177 Å². The molecule has 4 aromatic rings. The van der Waals surface area contributed by atoms with E-state index in [1.54, 1.807) is 28.4 Å². The summed E-state index contributed by atoms with van der Waals surface area (Å²) >= 11 is 1.58. The molecule has 1 N–H and O–H groups in total. The zero-order chi connectivity index (χ0) is 20.7. The smallest absolute Gasteiger partial charge is 0.290 e. The molecule has 3 heterocycles. The van der Waals surface area contributed by atoms with Crippen LogP contribution in [0.25, 0.3) is 10.2 Å². The largest absolute Gasteiger partial charge is 0.459 e. The normalized spacial score (nSPS) is 15.8. The van der Waals surface area contributed by atoms with Gasteiger partial charge in [0.15, 0.2) is 5.76 Å². The molecule has 150 valence electrons. The fourth-order valence-corrected chi connectivity index (χ4v) is 4.72. The van der Waals surface area contributed by atoms with Crippen molar-refractivity contribution in [3.05, 3.63) is 82.8 Å². The molecule has 0 radical (unpaired) electrons. The molecule has 0 bridgehead atoms. The number of hydrogen-bond donors (Lipinski definition) is 1. The molecule has 0 unspecified atom stereocenters. The van der Waals surface area contributed by atoms with Gasteiger partial charge in [-0.15, -0.1) is 11.3 Å². The number of aryl methyl sites for hydroxylation is 1. The molecule has 2 aromatic heterocycles. The Morgan fingerprint density at radius 1 is 1.13 bits per heavy atom. The van der Waals surface area contributed by atoms with Crippen LogP contribution >= 0.6 is 11.3 Å². The molecule has 7 heteroatoms. The maximum absolute atomic E-state index is 13.3. The first-order chi connectivity index (χ1) is 14.6. The molecule has 0 saturated carbocycles. The van der Waals surface area contributed by atoms with Crippen molar-refractivity contribution in [2.75, 3.05) is 5.32 Å². The van der Waals surface area contributed by atoms with Crippen molar-refractivity contribution in [3.63, 3.8) is 0 Å². The van der Waals surface area contributed by atoms with Crippen LogP contribution in [0.2, 0.25) is 0 Å². The molecular weight excluding hydrogens is 398 g/mol. The SMILES string of the molecule is Cc1nc2ccc(NC(=O)[C@H]3Cc4ccccc4CN3C(=O)c3ccco3)cc2s1. The Kier molecular flexibility index (Phi) is 4.59. The first-order valence-electron chi connectivity index (χ1n) is 9.68. The number of fused-ring (bicyclic) bond motifs is 2. The highest BCUT2D eigenvalue weighted by Crippen LogP contribution is 2.28. The van der Waals surface area contributed by atoms with E-state index in [1.807, 2.05) is 49.4 Å². The van der Waals surface area contributed by atoms with Crippen molar-refractivity contribution in [3.8, 4) is 0 Å². The third kappa shape index (κ3) is 3.37. The predicted octanol–water partition coefficient (Wildman–Crippen LogP) is 4.40. The molecule has 1 atom stereocenters. The zero-order valence-corrected chi connectivity index (χ0v) is 17.1. The van der Waals surface area contributed by atoms with Crippen molar-refractivity contribution >= 4 is 39.1 Å². The van der Waals surface area contributed by atoms with Crippen LogP contribution < -0.4 is 5.32 Å². The van der Waals surface area contributed by atoms with Gasteiger partial charge in [0.05, 0.1) is 21.5 Å². The minimum atomic E-state index is -0.628. The second-order valence-electron chi connectivity index (χ2n) is 7.30. The van der Waals surface area contributed by atoms with Gasteiger partial charge in [-0.3, -0.25) is 9.59 Å². The molecule has 30 heavy (non-hydrogen) atoms. The highest BCUT2D eigenvalue weighted by molar-refractivity contribution is 7.18. The number of carbonyl (C=O) groups excluding carboxylic acids is 2. The molecule has 1 aliphatic rings. The lowest BCUT2D eigenvalue weighted by Crippen LogP contribution is -2.50. The lowest BCUT2D eigenvalue weighted by Gasteiger charge is -2.35. The number of aromatic nitrogens is 1. The number of anilines is 1. The molecule has 0 spiro atoms. The van der Waals surface area contributed by atoms with Crippen molar-refractivity contribution < 1.29 is 14.0 Å². The summed E-state index contributed by atoms with van der Waals surface area (Å²) in [6.07, 6.45) is 1.92. The number of benzene rings is 2. The van der Waals surface area contributed by atoms with E-state index >= 15 is 0 Å². The number of hydrogen-bond acceptors (Lipinski definition) is 5. The fourth-order valence-electron chi connectivity index (χ4n) is 3.86. The van der Waals surface area contributed by atoms with Gasteiger partial charge >= 0.3 is 0 Å². The monoisotopic (exact) mass is 417 g/mol. The molecule has 0 saturated heterocycles. The quantitative estimate of drug-likeness (QED) is 0.536. The Hall–Kier alpha value is -3.45. The number of nitrogens with zero attached hydrogens (tertiary/aromatic N) is 2. The van der Waals surface area contributed by atoms with Crippen LogP contribution in [0.3, 0.4) is 0 Å². The Balaban J connectivity index is 1.45. The van der Waals surface area contributed by atoms with E-state index in [0.717, 1.165) is 26.4 Å². The number of furan rings is 1. The van der Waals surface area contributed by atoms with Gasteiger partial charge < -0.3 is 14.6 Å². The average molecular weight is 417 g/mol. The lowest BCUT2D eigenvalue weighted by atomic mass is 9.93. The van der Waals surface area contributed by atoms with Crippen molar-refractivity contribution in [2.45, 2.75) is 25.9 Å². The third-order valence-corrected chi connectivity index (χ3v) is 6.24. The van der Waals surface area contributed by atoms with Gasteiger partial charge in [0.2, 0.25) is 5.91 Å². The lowest BCUT2D eigenvalue weighted by molar-refractivity contribution is -0.121. The summed E-state index contributed by atoms with van der Waals surface area (Å²) < 4.78 is 6.32. The van der Waals surface area contributed by atoms with E-state index in [0.29, 0.717) is 18.7 Å². The molecule has 0 fully saturated rings. The van der Waals surface area contributed by atoms with E-state index in [1.165, 1.54) is 6.26 Å². The molecular formula is C23H19N3O3S. The van der Waals surface area contributed by atoms with Gasteiger partial charge in [0.1, 0.15) is 6.04 Å². The van der Waals surface area contributed by atoms with Crippen LogP contribution in [-0.2, 0) is 17.8 Å². The van der Waals surface area contributed by atoms with Gasteiger partial charge in [-0.05, 0) is 48.4 Å². The van der Waals surface area contributed by atoms with Crippen molar-refractivity contribution in [1.82, 2.24) is 9.88 Å². The second-order valence-corrected chi connectivity index (χ2v) is 8.54. The van der Waals surface area contributed by atoms with E-state index in [2.05, 4.69) is 10.3 Å². The average Bonchev–Trinajstić information content (AvgIpc) is 3.41. The second kappa shape index (κ2) is 7.42.